The summed E-state index contributed by atoms with van der Waals surface area (Å²) in [4.78, 5) is 70.5. The van der Waals surface area contributed by atoms with Crippen LogP contribution in [0.25, 0.3) is 0 Å². The molecule has 10 N–H and O–H groups in total. The normalized spacial score (nSPS) is 14.2. The number of carboxylic acid groups (broad SMARTS) is 1. The van der Waals surface area contributed by atoms with E-state index in [0.29, 0.717) is 17.1 Å². The van der Waals surface area contributed by atoms with E-state index in [9.17, 15) is 29.4 Å². The quantitative estimate of drug-likeness (QED) is 0.103. The van der Waals surface area contributed by atoms with E-state index in [1.807, 2.05) is 0 Å². The van der Waals surface area contributed by atoms with Crippen LogP contribution >= 0.6 is 0 Å². The molecule has 3 amide bonds. The molecule has 0 saturated heterocycles. The molecule has 198 valence electrons. The largest absolute Gasteiger partial charge is 0.480 e. The smallest absolute Gasteiger partial charge is 0.326 e. The average Bonchev–Trinajstić information content (AvgIpc) is 3.66. The molecular weight excluding hydrogens is 488 g/mol. The lowest BCUT2D eigenvalue weighted by Gasteiger charge is -2.24. The van der Waals surface area contributed by atoms with Crippen LogP contribution in [-0.2, 0) is 38.4 Å². The maximum Gasteiger partial charge on any atom is 0.326 e. The predicted molar refractivity (Wildman–Crippen MR) is 125 cm³/mol. The van der Waals surface area contributed by atoms with Crippen molar-refractivity contribution in [1.29, 1.82) is 0 Å². The number of nitrogens with two attached hydrogens (primary N) is 1. The number of rotatable bonds is 14. The number of nitrogens with zero attached hydrogens (tertiary/aromatic N) is 3. The Balaban J connectivity index is 1.78. The highest BCUT2D eigenvalue weighted by Crippen LogP contribution is 2.06. The summed E-state index contributed by atoms with van der Waals surface area (Å²) in [7, 11) is 0. The first-order valence-corrected chi connectivity index (χ1v) is 11.2. The second-order valence-electron chi connectivity index (χ2n) is 8.15. The average molecular weight is 517 g/mol. The molecule has 0 radical (unpaired) electrons. The van der Waals surface area contributed by atoms with Gasteiger partial charge in [-0.2, -0.15) is 0 Å². The second kappa shape index (κ2) is 12.9. The molecule has 16 heteroatoms. The first-order valence-electron chi connectivity index (χ1n) is 11.2. The Bertz CT molecular complexity index is 1150. The van der Waals surface area contributed by atoms with Gasteiger partial charge < -0.3 is 46.8 Å². The standard InChI is InChI=1S/C21H28N10O6/c22-14(7-32)18(33)29-15(1-11-4-23-8-26-11)19(34)30-16(2-12-5-24-9-27-12)20(35)31-17(21(36)37)3-13-6-25-10-28-13/h4-6,8-10,14-17,32H,1-3,7,22H2,(H,23,26)(H,24,27)(H,25,28)(H,29,33)(H,30,34)(H,31,35)(H,36,37)/t14-,15-,16-,17-/m0/s1. The fourth-order valence-electron chi connectivity index (χ4n) is 3.37. The van der Waals surface area contributed by atoms with Crippen LogP contribution in [0.2, 0.25) is 0 Å². The number of carbonyl (C=O) groups is 4. The van der Waals surface area contributed by atoms with Gasteiger partial charge >= 0.3 is 5.97 Å². The Hall–Kier alpha value is -4.57. The minimum Gasteiger partial charge on any atom is -0.480 e. The molecule has 4 atom stereocenters. The zero-order valence-electron chi connectivity index (χ0n) is 19.5. The molecular formula is C21H28N10O6. The lowest BCUT2D eigenvalue weighted by Crippen LogP contribution is -2.58. The summed E-state index contributed by atoms with van der Waals surface area (Å²) in [6, 6.07) is -5.00. The van der Waals surface area contributed by atoms with Crippen LogP contribution in [0.1, 0.15) is 17.1 Å². The Labute approximate surface area is 209 Å². The highest BCUT2D eigenvalue weighted by molar-refractivity contribution is 5.94. The summed E-state index contributed by atoms with van der Waals surface area (Å²) in [5.41, 5.74) is 7.06. The molecule has 0 fully saturated rings. The minimum atomic E-state index is -1.31. The van der Waals surface area contributed by atoms with Crippen molar-refractivity contribution in [2.24, 2.45) is 5.73 Å². The number of imidazole rings is 3. The van der Waals surface area contributed by atoms with E-state index < -0.39 is 54.5 Å². The SMILES string of the molecule is N[C@@H](CO)C(=O)N[C@@H](Cc1cnc[nH]1)C(=O)N[C@@H](Cc1cnc[nH]1)C(=O)N[C@@H](Cc1cnc[nH]1)C(=O)O. The molecule has 0 aliphatic heterocycles. The Morgan fingerprint density at radius 1 is 0.730 bits per heavy atom. The summed E-state index contributed by atoms with van der Waals surface area (Å²) in [6.07, 6.45) is 8.38. The number of carboxylic acids is 1. The molecule has 0 aliphatic carbocycles. The summed E-state index contributed by atoms with van der Waals surface area (Å²) in [5, 5.41) is 26.2. The van der Waals surface area contributed by atoms with Crippen LogP contribution in [0.3, 0.4) is 0 Å². The van der Waals surface area contributed by atoms with Crippen molar-refractivity contribution in [3.05, 3.63) is 54.7 Å². The van der Waals surface area contributed by atoms with Gasteiger partial charge in [-0.1, -0.05) is 0 Å². The van der Waals surface area contributed by atoms with E-state index in [0.717, 1.165) is 0 Å². The zero-order valence-corrected chi connectivity index (χ0v) is 19.5. The predicted octanol–water partition coefficient (Wildman–Crippen LogP) is -3.26. The Kier molecular flexibility index (Phi) is 9.45. The van der Waals surface area contributed by atoms with Gasteiger partial charge in [0.2, 0.25) is 17.7 Å². The molecule has 0 aliphatic rings. The number of hydrogen-bond acceptors (Lipinski definition) is 9. The number of H-pyrrole nitrogens is 3. The van der Waals surface area contributed by atoms with E-state index in [1.165, 1.54) is 37.6 Å². The molecule has 0 aromatic carbocycles. The summed E-state index contributed by atoms with van der Waals surface area (Å²) < 4.78 is 0. The van der Waals surface area contributed by atoms with Crippen LogP contribution in [0.5, 0.6) is 0 Å². The third-order valence-corrected chi connectivity index (χ3v) is 5.35. The molecule has 0 saturated carbocycles. The van der Waals surface area contributed by atoms with Crippen LogP contribution in [0.15, 0.2) is 37.6 Å². The maximum atomic E-state index is 13.2. The van der Waals surface area contributed by atoms with Gasteiger partial charge in [-0.15, -0.1) is 0 Å². The van der Waals surface area contributed by atoms with Crippen LogP contribution < -0.4 is 21.7 Å². The molecule has 16 nitrogen and oxygen atoms in total. The van der Waals surface area contributed by atoms with E-state index in [1.54, 1.807) is 0 Å². The lowest BCUT2D eigenvalue weighted by atomic mass is 10.1. The van der Waals surface area contributed by atoms with E-state index in [4.69, 9.17) is 5.73 Å². The molecule has 3 heterocycles. The van der Waals surface area contributed by atoms with Gasteiger partial charge in [0.25, 0.3) is 0 Å². The fraction of sp³-hybridized carbons (Fsp3) is 0.381. The third-order valence-electron chi connectivity index (χ3n) is 5.35. The minimum absolute atomic E-state index is 0.0221. The van der Waals surface area contributed by atoms with Gasteiger partial charge in [-0.25, -0.2) is 19.7 Å². The number of nitrogens with one attached hydrogen (secondary N) is 6. The Morgan fingerprint density at radius 2 is 1.11 bits per heavy atom. The number of aliphatic carboxylic acids is 1. The van der Waals surface area contributed by atoms with Crippen LogP contribution in [0, 0.1) is 0 Å². The van der Waals surface area contributed by atoms with Gasteiger partial charge in [-0.3, -0.25) is 14.4 Å². The van der Waals surface area contributed by atoms with Crippen LogP contribution in [0.4, 0.5) is 0 Å². The monoisotopic (exact) mass is 516 g/mol. The number of aliphatic hydroxyl groups excluding tert-OH is 1. The second-order valence-corrected chi connectivity index (χ2v) is 8.15. The summed E-state index contributed by atoms with van der Waals surface area (Å²) >= 11 is 0. The molecule has 3 aromatic heterocycles. The number of aromatic amines is 3. The summed E-state index contributed by atoms with van der Waals surface area (Å²) in [6.45, 7) is -0.637. The summed E-state index contributed by atoms with van der Waals surface area (Å²) in [5.74, 6) is -3.57. The van der Waals surface area contributed by atoms with Gasteiger partial charge in [-0.05, 0) is 0 Å². The van der Waals surface area contributed by atoms with Crippen molar-refractivity contribution in [1.82, 2.24) is 45.9 Å². The van der Waals surface area contributed by atoms with E-state index in [2.05, 4.69) is 45.9 Å². The molecule has 0 bridgehead atoms. The van der Waals surface area contributed by atoms with Crippen molar-refractivity contribution in [3.63, 3.8) is 0 Å². The highest BCUT2D eigenvalue weighted by Gasteiger charge is 2.31. The highest BCUT2D eigenvalue weighted by atomic mass is 16.4. The number of hydrogen-bond donors (Lipinski definition) is 9. The molecule has 37 heavy (non-hydrogen) atoms. The van der Waals surface area contributed by atoms with Crippen molar-refractivity contribution in [2.45, 2.75) is 43.4 Å². The number of aliphatic hydroxyl groups is 1. The molecule has 0 spiro atoms. The zero-order chi connectivity index (χ0) is 26.8. The number of aromatic nitrogens is 6. The molecule has 3 aromatic rings. The van der Waals surface area contributed by atoms with Gasteiger partial charge in [0.05, 0.1) is 25.6 Å². The molecule has 3 rings (SSSR count). The maximum absolute atomic E-state index is 13.2. The first-order chi connectivity index (χ1) is 17.8. The van der Waals surface area contributed by atoms with E-state index >= 15 is 0 Å². The van der Waals surface area contributed by atoms with Crippen molar-refractivity contribution in [3.8, 4) is 0 Å². The van der Waals surface area contributed by atoms with Gasteiger partial charge in [0, 0.05) is 54.9 Å². The lowest BCUT2D eigenvalue weighted by molar-refractivity contribution is -0.142. The van der Waals surface area contributed by atoms with Gasteiger partial charge in [0.1, 0.15) is 24.2 Å². The molecule has 0 unspecified atom stereocenters. The van der Waals surface area contributed by atoms with Gasteiger partial charge in [0.15, 0.2) is 0 Å². The number of carbonyl (C=O) groups excluding carboxylic acids is 3. The topological polar surface area (TPSA) is 257 Å². The van der Waals surface area contributed by atoms with Crippen molar-refractivity contribution in [2.75, 3.05) is 6.61 Å². The third kappa shape index (κ3) is 7.97. The number of amides is 3. The van der Waals surface area contributed by atoms with Crippen molar-refractivity contribution >= 4 is 23.7 Å². The van der Waals surface area contributed by atoms with Crippen molar-refractivity contribution < 1.29 is 29.4 Å². The Morgan fingerprint density at radius 3 is 1.46 bits per heavy atom. The first kappa shape index (κ1) is 27.0. The fourth-order valence-corrected chi connectivity index (χ4v) is 3.37. The van der Waals surface area contributed by atoms with Crippen LogP contribution in [-0.4, -0.2) is 94.6 Å². The van der Waals surface area contributed by atoms with E-state index in [-0.39, 0.29) is 19.3 Å².